The number of rotatable bonds is 7. The number of benzene rings is 2. The summed E-state index contributed by atoms with van der Waals surface area (Å²) in [5, 5.41) is 2.56. The summed E-state index contributed by atoms with van der Waals surface area (Å²) in [5.41, 5.74) is 0.476. The summed E-state index contributed by atoms with van der Waals surface area (Å²) >= 11 is 0. The van der Waals surface area contributed by atoms with E-state index in [4.69, 9.17) is 14.2 Å². The summed E-state index contributed by atoms with van der Waals surface area (Å²) in [6, 6.07) is 10.2. The second-order valence-electron chi connectivity index (χ2n) is 5.49. The van der Waals surface area contributed by atoms with Gasteiger partial charge in [-0.2, -0.15) is 0 Å². The number of sulfone groups is 1. The van der Waals surface area contributed by atoms with Gasteiger partial charge in [-0.1, -0.05) is 6.07 Å². The lowest BCUT2D eigenvalue weighted by atomic mass is 10.2. The SMILES string of the molecule is COc1ccc(NC(=O)COC(=O)c2cccc(S(C)(=O)=O)c2)cc1OC. The monoisotopic (exact) mass is 393 g/mol. The molecule has 0 aromatic heterocycles. The number of amides is 1. The fraction of sp³-hybridized carbons (Fsp3) is 0.222. The first-order chi connectivity index (χ1) is 12.7. The van der Waals surface area contributed by atoms with Crippen LogP contribution in [-0.4, -0.2) is 47.4 Å². The number of esters is 1. The molecule has 2 rings (SSSR count). The first kappa shape index (κ1) is 20.2. The van der Waals surface area contributed by atoms with Gasteiger partial charge in [0.25, 0.3) is 5.91 Å². The summed E-state index contributed by atoms with van der Waals surface area (Å²) < 4.78 is 38.3. The van der Waals surface area contributed by atoms with Crippen LogP contribution in [-0.2, 0) is 19.4 Å². The van der Waals surface area contributed by atoms with Gasteiger partial charge in [-0.3, -0.25) is 4.79 Å². The molecule has 0 aliphatic heterocycles. The second-order valence-corrected chi connectivity index (χ2v) is 7.51. The van der Waals surface area contributed by atoms with Crippen LogP contribution in [0.25, 0.3) is 0 Å². The van der Waals surface area contributed by atoms with Crippen LogP contribution < -0.4 is 14.8 Å². The van der Waals surface area contributed by atoms with Gasteiger partial charge in [0.1, 0.15) is 0 Å². The Morgan fingerprint density at radius 3 is 2.33 bits per heavy atom. The molecule has 8 nitrogen and oxygen atoms in total. The first-order valence-corrected chi connectivity index (χ1v) is 9.63. The summed E-state index contributed by atoms with van der Waals surface area (Å²) in [6.45, 7) is -0.531. The molecule has 0 heterocycles. The van der Waals surface area contributed by atoms with E-state index in [0.29, 0.717) is 17.2 Å². The molecular formula is C18H19NO7S. The van der Waals surface area contributed by atoms with Gasteiger partial charge in [-0.05, 0) is 30.3 Å². The zero-order valence-corrected chi connectivity index (χ0v) is 15.8. The van der Waals surface area contributed by atoms with Crippen LogP contribution in [0.1, 0.15) is 10.4 Å². The van der Waals surface area contributed by atoms with Crippen molar-refractivity contribution in [3.63, 3.8) is 0 Å². The molecule has 144 valence electrons. The highest BCUT2D eigenvalue weighted by atomic mass is 32.2. The molecule has 0 saturated heterocycles. The summed E-state index contributed by atoms with van der Waals surface area (Å²) in [7, 11) is -0.490. The molecule has 1 amide bonds. The van der Waals surface area contributed by atoms with Crippen molar-refractivity contribution >= 4 is 27.4 Å². The molecular weight excluding hydrogens is 374 g/mol. The number of nitrogens with one attached hydrogen (secondary N) is 1. The fourth-order valence-electron chi connectivity index (χ4n) is 2.18. The molecule has 2 aromatic carbocycles. The van der Waals surface area contributed by atoms with Crippen molar-refractivity contribution in [1.82, 2.24) is 0 Å². The van der Waals surface area contributed by atoms with Crippen molar-refractivity contribution in [3.05, 3.63) is 48.0 Å². The summed E-state index contributed by atoms with van der Waals surface area (Å²) in [4.78, 5) is 24.0. The van der Waals surface area contributed by atoms with Gasteiger partial charge in [-0.25, -0.2) is 13.2 Å². The van der Waals surface area contributed by atoms with Gasteiger partial charge >= 0.3 is 5.97 Å². The highest BCUT2D eigenvalue weighted by molar-refractivity contribution is 7.90. The maximum Gasteiger partial charge on any atom is 0.338 e. The van der Waals surface area contributed by atoms with Crippen LogP contribution in [0.2, 0.25) is 0 Å². The van der Waals surface area contributed by atoms with Crippen molar-refractivity contribution < 1.29 is 32.2 Å². The number of ether oxygens (including phenoxy) is 3. The largest absolute Gasteiger partial charge is 0.493 e. The maximum absolute atomic E-state index is 12.0. The number of hydrogen-bond donors (Lipinski definition) is 1. The minimum absolute atomic E-state index is 0.00766. The van der Waals surface area contributed by atoms with E-state index in [0.717, 1.165) is 6.26 Å². The third-order valence-corrected chi connectivity index (χ3v) is 4.61. The standard InChI is InChI=1S/C18H19NO7S/c1-24-15-8-7-13(10-16(15)25-2)19-17(20)11-26-18(21)12-5-4-6-14(9-12)27(3,22)23/h4-10H,11H2,1-3H3,(H,19,20). The Bertz CT molecular complexity index is 954. The first-order valence-electron chi connectivity index (χ1n) is 7.73. The minimum Gasteiger partial charge on any atom is -0.493 e. The van der Waals surface area contributed by atoms with E-state index < -0.39 is 28.3 Å². The van der Waals surface area contributed by atoms with Crippen LogP contribution in [0.5, 0.6) is 11.5 Å². The van der Waals surface area contributed by atoms with Crippen molar-refractivity contribution in [1.29, 1.82) is 0 Å². The van der Waals surface area contributed by atoms with E-state index in [2.05, 4.69) is 5.32 Å². The van der Waals surface area contributed by atoms with E-state index in [1.807, 2.05) is 0 Å². The zero-order chi connectivity index (χ0) is 20.0. The van der Waals surface area contributed by atoms with Crippen LogP contribution in [0.4, 0.5) is 5.69 Å². The van der Waals surface area contributed by atoms with E-state index in [-0.39, 0.29) is 10.5 Å². The molecule has 0 aliphatic carbocycles. The van der Waals surface area contributed by atoms with Crippen molar-refractivity contribution in [2.45, 2.75) is 4.90 Å². The molecule has 0 fully saturated rings. The lowest BCUT2D eigenvalue weighted by Crippen LogP contribution is -2.21. The normalized spacial score (nSPS) is 10.8. The predicted molar refractivity (Wildman–Crippen MR) is 98.0 cm³/mol. The number of hydrogen-bond acceptors (Lipinski definition) is 7. The van der Waals surface area contributed by atoms with Gasteiger partial charge < -0.3 is 19.5 Å². The highest BCUT2D eigenvalue weighted by Gasteiger charge is 2.14. The van der Waals surface area contributed by atoms with Gasteiger partial charge in [0.05, 0.1) is 24.7 Å². The Labute approximate surface area is 157 Å². The number of carbonyl (C=O) groups is 2. The van der Waals surface area contributed by atoms with Gasteiger partial charge in [0.2, 0.25) is 0 Å². The molecule has 0 atom stereocenters. The third kappa shape index (κ3) is 5.45. The van der Waals surface area contributed by atoms with E-state index in [1.165, 1.54) is 38.5 Å². The molecule has 0 spiro atoms. The Hall–Kier alpha value is -3.07. The Morgan fingerprint density at radius 1 is 1.00 bits per heavy atom. The maximum atomic E-state index is 12.0. The van der Waals surface area contributed by atoms with Crippen molar-refractivity contribution in [2.24, 2.45) is 0 Å². The Balaban J connectivity index is 1.98. The average Bonchev–Trinajstić information content (AvgIpc) is 2.65. The molecule has 0 unspecified atom stereocenters. The highest BCUT2D eigenvalue weighted by Crippen LogP contribution is 2.29. The number of anilines is 1. The molecule has 2 aromatic rings. The smallest absolute Gasteiger partial charge is 0.338 e. The van der Waals surface area contributed by atoms with Crippen LogP contribution >= 0.6 is 0 Å². The second kappa shape index (κ2) is 8.54. The molecule has 27 heavy (non-hydrogen) atoms. The van der Waals surface area contributed by atoms with Crippen LogP contribution in [0.15, 0.2) is 47.4 Å². The molecule has 9 heteroatoms. The Kier molecular flexibility index (Phi) is 6.40. The quantitative estimate of drug-likeness (QED) is 0.716. The average molecular weight is 393 g/mol. The molecule has 0 bridgehead atoms. The van der Waals surface area contributed by atoms with Crippen LogP contribution in [0, 0.1) is 0 Å². The minimum atomic E-state index is -3.45. The van der Waals surface area contributed by atoms with Gasteiger partial charge in [0, 0.05) is 18.0 Å². The van der Waals surface area contributed by atoms with E-state index >= 15 is 0 Å². The van der Waals surface area contributed by atoms with Gasteiger partial charge in [-0.15, -0.1) is 0 Å². The summed E-state index contributed by atoms with van der Waals surface area (Å²) in [6.07, 6.45) is 1.04. The number of methoxy groups -OCH3 is 2. The third-order valence-electron chi connectivity index (χ3n) is 3.50. The number of carbonyl (C=O) groups excluding carboxylic acids is 2. The topological polar surface area (TPSA) is 108 Å². The summed E-state index contributed by atoms with van der Waals surface area (Å²) in [5.74, 6) is -0.421. The zero-order valence-electron chi connectivity index (χ0n) is 15.0. The van der Waals surface area contributed by atoms with Gasteiger partial charge in [0.15, 0.2) is 27.9 Å². The molecule has 0 aliphatic rings. The van der Waals surface area contributed by atoms with Crippen LogP contribution in [0.3, 0.4) is 0 Å². The molecule has 0 saturated carbocycles. The molecule has 1 N–H and O–H groups in total. The fourth-order valence-corrected chi connectivity index (χ4v) is 2.85. The predicted octanol–water partition coefficient (Wildman–Crippen LogP) is 1.90. The Morgan fingerprint density at radius 2 is 1.70 bits per heavy atom. The van der Waals surface area contributed by atoms with E-state index in [1.54, 1.807) is 18.2 Å². The van der Waals surface area contributed by atoms with Crippen molar-refractivity contribution in [3.8, 4) is 11.5 Å². The molecule has 0 radical (unpaired) electrons. The van der Waals surface area contributed by atoms with E-state index in [9.17, 15) is 18.0 Å². The lowest BCUT2D eigenvalue weighted by molar-refractivity contribution is -0.119. The lowest BCUT2D eigenvalue weighted by Gasteiger charge is -2.11. The van der Waals surface area contributed by atoms with Crippen molar-refractivity contribution in [2.75, 3.05) is 32.4 Å².